The molecule has 0 saturated carbocycles. The summed E-state index contributed by atoms with van der Waals surface area (Å²) in [5.74, 6) is 0.572. The number of alkyl halides is 1. The lowest BCUT2D eigenvalue weighted by Crippen LogP contribution is -1.84. The summed E-state index contributed by atoms with van der Waals surface area (Å²) in [4.78, 5) is 1.27. The molecule has 74 valence electrons. The number of halogens is 2. The minimum Gasteiger partial charge on any atom is -0.143 e. The Morgan fingerprint density at radius 1 is 1.50 bits per heavy atom. The predicted molar refractivity (Wildman–Crippen MR) is 70.9 cm³/mol. The van der Waals surface area contributed by atoms with Crippen LogP contribution < -0.4 is 0 Å². The van der Waals surface area contributed by atoms with E-state index in [9.17, 15) is 0 Å². The molecule has 0 amide bonds. The van der Waals surface area contributed by atoms with Gasteiger partial charge in [0.25, 0.3) is 0 Å². The third-order valence-electron chi connectivity index (χ3n) is 2.11. The molecule has 4 heteroatoms. The van der Waals surface area contributed by atoms with E-state index in [0.717, 1.165) is 4.47 Å². The highest BCUT2D eigenvalue weighted by atomic mass is 79.9. The largest absolute Gasteiger partial charge is 0.143 e. The maximum Gasteiger partial charge on any atom is 0.0492 e. The van der Waals surface area contributed by atoms with Crippen LogP contribution in [0.4, 0.5) is 0 Å². The number of thioether (sulfide) groups is 1. The van der Waals surface area contributed by atoms with Gasteiger partial charge in [0.05, 0.1) is 0 Å². The van der Waals surface area contributed by atoms with Gasteiger partial charge in [-0.25, -0.2) is 0 Å². The molecule has 2 aromatic rings. The van der Waals surface area contributed by atoms with Crippen LogP contribution in [-0.2, 0) is 5.88 Å². The molecule has 0 bridgehead atoms. The second-order valence-corrected chi connectivity index (χ2v) is 5.72. The fourth-order valence-electron chi connectivity index (χ4n) is 1.47. The maximum atomic E-state index is 5.99. The van der Waals surface area contributed by atoms with Crippen LogP contribution in [0.25, 0.3) is 10.1 Å². The van der Waals surface area contributed by atoms with Gasteiger partial charge in [0.1, 0.15) is 0 Å². The summed E-state index contributed by atoms with van der Waals surface area (Å²) in [5.41, 5.74) is 1.24. The van der Waals surface area contributed by atoms with Crippen molar-refractivity contribution in [1.82, 2.24) is 0 Å². The first-order valence-corrected chi connectivity index (χ1v) is 7.49. The molecule has 0 N–H and O–H groups in total. The van der Waals surface area contributed by atoms with Gasteiger partial charge >= 0.3 is 0 Å². The summed E-state index contributed by atoms with van der Waals surface area (Å²) in [5, 5.41) is 3.39. The summed E-state index contributed by atoms with van der Waals surface area (Å²) in [6.07, 6.45) is 2.08. The number of benzene rings is 1. The van der Waals surface area contributed by atoms with Gasteiger partial charge in [-0.2, -0.15) is 0 Å². The molecule has 1 aromatic heterocycles. The number of fused-ring (bicyclic) bond motifs is 1. The quantitative estimate of drug-likeness (QED) is 0.548. The summed E-state index contributed by atoms with van der Waals surface area (Å²) < 4.78 is 2.45. The molecule has 0 unspecified atom stereocenters. The Morgan fingerprint density at radius 2 is 2.29 bits per heavy atom. The first-order valence-electron chi connectivity index (χ1n) is 4.06. The molecule has 0 atom stereocenters. The summed E-state index contributed by atoms with van der Waals surface area (Å²) in [7, 11) is 0. The Balaban J connectivity index is 2.81. The van der Waals surface area contributed by atoms with Crippen molar-refractivity contribution in [2.24, 2.45) is 0 Å². The van der Waals surface area contributed by atoms with Crippen molar-refractivity contribution < 1.29 is 0 Å². The molecular weight excluding hydrogens is 300 g/mol. The average Bonchev–Trinajstić information content (AvgIpc) is 2.59. The molecule has 0 radical (unpaired) electrons. The van der Waals surface area contributed by atoms with Gasteiger partial charge in [0.2, 0.25) is 0 Å². The van der Waals surface area contributed by atoms with E-state index in [2.05, 4.69) is 39.7 Å². The van der Waals surface area contributed by atoms with Crippen LogP contribution in [0.15, 0.2) is 26.9 Å². The second kappa shape index (κ2) is 4.44. The van der Waals surface area contributed by atoms with Gasteiger partial charge in [-0.1, -0.05) is 0 Å². The Kier molecular flexibility index (Phi) is 3.42. The standard InChI is InChI=1S/C10H8BrClS2/c1-13-8-2-3-9-10(6(8)4-12)7(11)5-14-9/h2-3,5H,4H2,1H3. The zero-order valence-corrected chi connectivity index (χ0v) is 11.5. The molecule has 0 aliphatic heterocycles. The fourth-order valence-corrected chi connectivity index (χ4v) is 4.16. The Hall–Kier alpha value is 0.300. The first kappa shape index (κ1) is 10.8. The molecule has 14 heavy (non-hydrogen) atoms. The molecule has 0 aliphatic rings. The Labute approximate surface area is 105 Å². The van der Waals surface area contributed by atoms with E-state index in [0.29, 0.717) is 5.88 Å². The molecule has 0 saturated heterocycles. The van der Waals surface area contributed by atoms with Crippen LogP contribution in [0.5, 0.6) is 0 Å². The lowest BCUT2D eigenvalue weighted by Gasteiger charge is -2.05. The van der Waals surface area contributed by atoms with Crippen molar-refractivity contribution in [3.05, 3.63) is 27.5 Å². The number of hydrogen-bond donors (Lipinski definition) is 0. The molecular formula is C10H8BrClS2. The van der Waals surface area contributed by atoms with Gasteiger partial charge in [0.15, 0.2) is 0 Å². The van der Waals surface area contributed by atoms with Gasteiger partial charge in [-0.05, 0) is 39.9 Å². The molecule has 1 aromatic carbocycles. The Bertz CT molecular complexity index is 464. The van der Waals surface area contributed by atoms with Crippen LogP contribution in [0, 0.1) is 0 Å². The number of rotatable bonds is 2. The van der Waals surface area contributed by atoms with Crippen molar-refractivity contribution in [2.45, 2.75) is 10.8 Å². The van der Waals surface area contributed by atoms with Gasteiger partial charge in [-0.3, -0.25) is 0 Å². The molecule has 0 aliphatic carbocycles. The van der Waals surface area contributed by atoms with Crippen LogP contribution in [-0.4, -0.2) is 6.26 Å². The van der Waals surface area contributed by atoms with E-state index in [1.54, 1.807) is 23.1 Å². The third kappa shape index (κ3) is 1.71. The highest BCUT2D eigenvalue weighted by molar-refractivity contribution is 9.10. The summed E-state index contributed by atoms with van der Waals surface area (Å²) in [6.45, 7) is 0. The molecule has 2 rings (SSSR count). The normalized spacial score (nSPS) is 11.1. The molecule has 0 spiro atoms. The summed E-state index contributed by atoms with van der Waals surface area (Å²) >= 11 is 13.0. The molecule has 0 fully saturated rings. The van der Waals surface area contributed by atoms with Crippen molar-refractivity contribution >= 4 is 60.7 Å². The lowest BCUT2D eigenvalue weighted by atomic mass is 10.1. The van der Waals surface area contributed by atoms with E-state index < -0.39 is 0 Å². The van der Waals surface area contributed by atoms with Gasteiger partial charge in [-0.15, -0.1) is 34.7 Å². The highest BCUT2D eigenvalue weighted by Gasteiger charge is 2.10. The van der Waals surface area contributed by atoms with Crippen molar-refractivity contribution in [2.75, 3.05) is 6.26 Å². The highest BCUT2D eigenvalue weighted by Crippen LogP contribution is 2.37. The minimum absolute atomic E-state index is 0.572. The van der Waals surface area contributed by atoms with Crippen LogP contribution in [0.2, 0.25) is 0 Å². The minimum atomic E-state index is 0.572. The van der Waals surface area contributed by atoms with Gasteiger partial charge < -0.3 is 0 Å². The number of thiophene rings is 1. The van der Waals surface area contributed by atoms with Crippen LogP contribution in [0.1, 0.15) is 5.56 Å². The van der Waals surface area contributed by atoms with E-state index in [4.69, 9.17) is 11.6 Å². The second-order valence-electron chi connectivity index (χ2n) is 2.84. The van der Waals surface area contributed by atoms with E-state index >= 15 is 0 Å². The zero-order chi connectivity index (χ0) is 10.1. The molecule has 1 heterocycles. The topological polar surface area (TPSA) is 0 Å². The van der Waals surface area contributed by atoms with Gasteiger partial charge in [0, 0.05) is 30.7 Å². The average molecular weight is 308 g/mol. The van der Waals surface area contributed by atoms with Crippen molar-refractivity contribution in [3.63, 3.8) is 0 Å². The van der Waals surface area contributed by atoms with Crippen molar-refractivity contribution in [3.8, 4) is 0 Å². The van der Waals surface area contributed by atoms with E-state index in [1.807, 2.05) is 0 Å². The monoisotopic (exact) mass is 306 g/mol. The smallest absolute Gasteiger partial charge is 0.0492 e. The van der Waals surface area contributed by atoms with Crippen LogP contribution in [0.3, 0.4) is 0 Å². The number of hydrogen-bond acceptors (Lipinski definition) is 2. The SMILES string of the molecule is CSc1ccc2scc(Br)c2c1CCl. The van der Waals surface area contributed by atoms with Crippen molar-refractivity contribution in [1.29, 1.82) is 0 Å². The van der Waals surface area contributed by atoms with E-state index in [1.165, 1.54) is 20.5 Å². The van der Waals surface area contributed by atoms with Crippen LogP contribution >= 0.6 is 50.6 Å². The molecule has 0 nitrogen and oxygen atoms in total. The Morgan fingerprint density at radius 3 is 2.93 bits per heavy atom. The summed E-state index contributed by atoms with van der Waals surface area (Å²) in [6, 6.07) is 4.31. The predicted octanol–water partition coefficient (Wildman–Crippen LogP) is 5.12. The zero-order valence-electron chi connectivity index (χ0n) is 7.51. The van der Waals surface area contributed by atoms with E-state index in [-0.39, 0.29) is 0 Å². The fraction of sp³-hybridized carbons (Fsp3) is 0.200. The lowest BCUT2D eigenvalue weighted by molar-refractivity contribution is 1.31. The third-order valence-corrected chi connectivity index (χ3v) is 5.08. The maximum absolute atomic E-state index is 5.99. The first-order chi connectivity index (χ1) is 6.77.